The van der Waals surface area contributed by atoms with Crippen LogP contribution in [0, 0.1) is 0 Å². The quantitative estimate of drug-likeness (QED) is 0.0205. The van der Waals surface area contributed by atoms with Gasteiger partial charge in [-0.2, -0.15) is 0 Å². The maximum absolute atomic E-state index is 13.2. The van der Waals surface area contributed by atoms with Crippen molar-refractivity contribution in [2.75, 3.05) is 19.8 Å². The molecule has 0 bridgehead atoms. The zero-order valence-corrected chi connectivity index (χ0v) is 45.6. The minimum absolute atomic E-state index is 0.230. The van der Waals surface area contributed by atoms with Crippen LogP contribution in [0.5, 0.6) is 0 Å². The highest BCUT2D eigenvalue weighted by molar-refractivity contribution is 5.76. The van der Waals surface area contributed by atoms with E-state index in [2.05, 4.69) is 104 Å². The second kappa shape index (κ2) is 45.2. The van der Waals surface area contributed by atoms with Crippen molar-refractivity contribution in [1.82, 2.24) is 5.32 Å². The van der Waals surface area contributed by atoms with Crippen LogP contribution in [0.15, 0.2) is 85.1 Å². The Balaban J connectivity index is 1.75. The number of unbranched alkanes of at least 4 members (excludes halogenated alkanes) is 17. The molecule has 2 rings (SSSR count). The predicted molar refractivity (Wildman–Crippen MR) is 295 cm³/mol. The highest BCUT2D eigenvalue weighted by Crippen LogP contribution is 2.30. The van der Waals surface area contributed by atoms with E-state index in [1.54, 1.807) is 0 Å². The number of aliphatic hydroxyl groups excluding tert-OH is 8. The van der Waals surface area contributed by atoms with Gasteiger partial charge < -0.3 is 65.1 Å². The first-order valence-corrected chi connectivity index (χ1v) is 28.8. The lowest BCUT2D eigenvalue weighted by molar-refractivity contribution is -0.359. The average molecular weight is 1050 g/mol. The molecule has 2 aliphatic rings. The molecule has 2 saturated heterocycles. The second-order valence-electron chi connectivity index (χ2n) is 20.0. The Kier molecular flexibility index (Phi) is 41.1. The number of rotatable bonds is 44. The number of carbonyl (C=O) groups is 1. The molecule has 0 aliphatic carbocycles. The van der Waals surface area contributed by atoms with Gasteiger partial charge in [0.2, 0.25) is 5.91 Å². The molecule has 74 heavy (non-hydrogen) atoms. The first-order valence-electron chi connectivity index (χ1n) is 28.8. The van der Waals surface area contributed by atoms with Crippen molar-refractivity contribution in [1.29, 1.82) is 0 Å². The van der Waals surface area contributed by atoms with Crippen LogP contribution in [0.3, 0.4) is 0 Å². The summed E-state index contributed by atoms with van der Waals surface area (Å²) in [6.45, 7) is 2.71. The van der Waals surface area contributed by atoms with Gasteiger partial charge in [0.25, 0.3) is 0 Å². The van der Waals surface area contributed by atoms with Gasteiger partial charge in [0, 0.05) is 6.42 Å². The summed E-state index contributed by atoms with van der Waals surface area (Å²) in [7, 11) is 0. The van der Waals surface area contributed by atoms with Gasteiger partial charge in [-0.15, -0.1) is 0 Å². The molecule has 1 amide bonds. The van der Waals surface area contributed by atoms with Crippen LogP contribution in [-0.2, 0) is 23.7 Å². The number of carbonyl (C=O) groups excluding carboxylic acids is 1. The Morgan fingerprint density at radius 2 is 0.932 bits per heavy atom. The van der Waals surface area contributed by atoms with E-state index in [0.29, 0.717) is 12.8 Å². The van der Waals surface area contributed by atoms with Crippen molar-refractivity contribution in [2.45, 2.75) is 267 Å². The summed E-state index contributed by atoms with van der Waals surface area (Å²) in [6, 6.07) is -0.844. The lowest BCUT2D eigenvalue weighted by atomic mass is 9.97. The normalized spacial score (nSPS) is 25.9. The Morgan fingerprint density at radius 3 is 1.43 bits per heavy atom. The fraction of sp³-hybridized carbons (Fsp3) is 0.750. The number of nitrogens with one attached hydrogen (secondary N) is 1. The van der Waals surface area contributed by atoms with Gasteiger partial charge in [-0.1, -0.05) is 202 Å². The number of allylic oxidation sites excluding steroid dienone is 14. The predicted octanol–water partition coefficient (Wildman–Crippen LogP) is 9.33. The van der Waals surface area contributed by atoms with E-state index in [0.717, 1.165) is 103 Å². The number of hydrogen-bond acceptors (Lipinski definition) is 13. The smallest absolute Gasteiger partial charge is 0.220 e. The second-order valence-corrected chi connectivity index (χ2v) is 20.0. The molecule has 12 unspecified atom stereocenters. The molecule has 2 aliphatic heterocycles. The Morgan fingerprint density at radius 1 is 0.500 bits per heavy atom. The average Bonchev–Trinajstić information content (AvgIpc) is 3.40. The molecule has 0 aromatic rings. The van der Waals surface area contributed by atoms with Gasteiger partial charge in [-0.3, -0.25) is 4.79 Å². The van der Waals surface area contributed by atoms with Crippen LogP contribution in [0.4, 0.5) is 0 Å². The summed E-state index contributed by atoms with van der Waals surface area (Å²) in [6.07, 6.45) is 42.9. The largest absolute Gasteiger partial charge is 0.394 e. The molecule has 426 valence electrons. The molecule has 0 radical (unpaired) electrons. The Hall–Kier alpha value is -2.83. The van der Waals surface area contributed by atoms with Crippen LogP contribution in [0.2, 0.25) is 0 Å². The first-order chi connectivity index (χ1) is 36.1. The fourth-order valence-electron chi connectivity index (χ4n) is 8.98. The monoisotopic (exact) mass is 1050 g/mol. The van der Waals surface area contributed by atoms with Crippen molar-refractivity contribution in [2.24, 2.45) is 0 Å². The number of aliphatic hydroxyl groups is 8. The van der Waals surface area contributed by atoms with Gasteiger partial charge in [-0.05, 0) is 70.6 Å². The zero-order chi connectivity index (χ0) is 53.9. The summed E-state index contributed by atoms with van der Waals surface area (Å²) in [5.41, 5.74) is 0. The summed E-state index contributed by atoms with van der Waals surface area (Å²) in [4.78, 5) is 13.2. The van der Waals surface area contributed by atoms with Gasteiger partial charge >= 0.3 is 0 Å². The first kappa shape index (κ1) is 67.3. The molecule has 0 aromatic heterocycles. The van der Waals surface area contributed by atoms with E-state index in [-0.39, 0.29) is 18.9 Å². The Bertz CT molecular complexity index is 1560. The molecule has 0 saturated carbocycles. The molecule has 0 aromatic carbocycles. The van der Waals surface area contributed by atoms with Crippen molar-refractivity contribution in [3.8, 4) is 0 Å². The molecule has 9 N–H and O–H groups in total. The fourth-order valence-corrected chi connectivity index (χ4v) is 8.98. The summed E-state index contributed by atoms with van der Waals surface area (Å²) < 4.78 is 22.8. The highest BCUT2D eigenvalue weighted by Gasteiger charge is 2.51. The number of hydrogen-bond donors (Lipinski definition) is 9. The molecular formula is C60H103NO13. The zero-order valence-electron chi connectivity index (χ0n) is 45.6. The maximum Gasteiger partial charge on any atom is 0.220 e. The minimum atomic E-state index is -1.79. The van der Waals surface area contributed by atoms with E-state index in [4.69, 9.17) is 18.9 Å². The number of amides is 1. The standard InChI is InChI=1S/C60H103NO13/c1-3-5-7-9-11-13-15-17-18-19-20-21-22-23-24-25-26-27-28-29-30-32-34-36-38-40-42-44-52(65)61-48(49(64)43-41-39-37-35-33-31-16-14-12-10-8-6-4-2)47-71-59-57(70)55(68)58(51(46-63)73-59)74-60-56(69)54(67)53(66)50(45-62)72-60/h5,7,11,13,17-18,20-21,23-24,26-27,29-30,48-51,53-60,62-64,66-70H,3-4,6,8-10,12,14-16,19,22,25,28,31-47H2,1-2H3,(H,61,65)/b7-5-,13-11-,18-17-,21-20-,24-23-,27-26-,30-29-. The number of ether oxygens (including phenoxy) is 4. The summed E-state index contributed by atoms with van der Waals surface area (Å²) >= 11 is 0. The van der Waals surface area contributed by atoms with Gasteiger partial charge in [0.05, 0.1) is 32.0 Å². The third-order valence-corrected chi connectivity index (χ3v) is 13.6. The van der Waals surface area contributed by atoms with Crippen LogP contribution in [0.1, 0.15) is 194 Å². The van der Waals surface area contributed by atoms with E-state index < -0.39 is 86.8 Å². The molecule has 0 spiro atoms. The third kappa shape index (κ3) is 30.8. The van der Waals surface area contributed by atoms with Gasteiger partial charge in [-0.25, -0.2) is 0 Å². The molecule has 2 fully saturated rings. The van der Waals surface area contributed by atoms with Crippen molar-refractivity contribution in [3.05, 3.63) is 85.1 Å². The highest BCUT2D eigenvalue weighted by atomic mass is 16.7. The molecule has 2 heterocycles. The lowest BCUT2D eigenvalue weighted by Crippen LogP contribution is -2.65. The SMILES string of the molecule is CC/C=C\C/C=C\C/C=C\C/C=C\C/C=C\C/C=C\C/C=C\CCCCCCCC(=O)NC(COC1OC(CO)C(OC2OC(CO)C(O)C(O)C2O)C(O)C1O)C(O)CCCCCCCCCCCCCCC. The third-order valence-electron chi connectivity index (χ3n) is 13.6. The summed E-state index contributed by atoms with van der Waals surface area (Å²) in [5, 5.41) is 87.1. The minimum Gasteiger partial charge on any atom is -0.394 e. The van der Waals surface area contributed by atoms with Crippen molar-refractivity contribution >= 4 is 5.91 Å². The van der Waals surface area contributed by atoms with Gasteiger partial charge in [0.1, 0.15) is 48.8 Å². The Labute approximate surface area is 446 Å². The molecular weight excluding hydrogens is 943 g/mol. The van der Waals surface area contributed by atoms with Crippen LogP contribution < -0.4 is 5.32 Å². The van der Waals surface area contributed by atoms with Crippen LogP contribution >= 0.6 is 0 Å². The molecule has 14 heteroatoms. The maximum atomic E-state index is 13.2. The summed E-state index contributed by atoms with van der Waals surface area (Å²) in [5.74, 6) is -0.230. The van der Waals surface area contributed by atoms with Crippen molar-refractivity contribution < 1.29 is 64.6 Å². The van der Waals surface area contributed by atoms with Crippen LogP contribution in [0.25, 0.3) is 0 Å². The van der Waals surface area contributed by atoms with E-state index >= 15 is 0 Å². The van der Waals surface area contributed by atoms with Crippen molar-refractivity contribution in [3.63, 3.8) is 0 Å². The van der Waals surface area contributed by atoms with E-state index in [1.165, 1.54) is 57.8 Å². The van der Waals surface area contributed by atoms with E-state index in [9.17, 15) is 45.6 Å². The van der Waals surface area contributed by atoms with Gasteiger partial charge in [0.15, 0.2) is 12.6 Å². The lowest BCUT2D eigenvalue weighted by Gasteiger charge is -2.46. The molecule has 14 nitrogen and oxygen atoms in total. The van der Waals surface area contributed by atoms with Crippen LogP contribution in [-0.4, -0.2) is 140 Å². The topological polar surface area (TPSA) is 228 Å². The molecule has 12 atom stereocenters. The van der Waals surface area contributed by atoms with E-state index in [1.807, 2.05) is 0 Å².